The SMILES string of the molecule is CCC1COC(C)CN1C1(CN)CC(C)CC(C)(C)C1. The van der Waals surface area contributed by atoms with Gasteiger partial charge in [-0.25, -0.2) is 0 Å². The third-order valence-electron chi connectivity index (χ3n) is 5.37. The molecule has 1 heterocycles. The van der Waals surface area contributed by atoms with E-state index in [0.717, 1.165) is 32.0 Å². The summed E-state index contributed by atoms with van der Waals surface area (Å²) in [4.78, 5) is 2.72. The van der Waals surface area contributed by atoms with Gasteiger partial charge in [0.05, 0.1) is 12.7 Å². The van der Waals surface area contributed by atoms with Crippen molar-refractivity contribution in [2.45, 2.75) is 78.0 Å². The van der Waals surface area contributed by atoms with E-state index in [-0.39, 0.29) is 5.54 Å². The van der Waals surface area contributed by atoms with Gasteiger partial charge < -0.3 is 10.5 Å². The predicted octanol–water partition coefficient (Wildman–Crippen LogP) is 3.03. The number of nitrogens with two attached hydrogens (primary N) is 1. The van der Waals surface area contributed by atoms with Gasteiger partial charge in [0.15, 0.2) is 0 Å². The van der Waals surface area contributed by atoms with Crippen LogP contribution in [-0.2, 0) is 4.74 Å². The molecule has 0 aromatic heterocycles. The highest BCUT2D eigenvalue weighted by molar-refractivity contribution is 5.04. The molecule has 0 spiro atoms. The second kappa shape index (κ2) is 5.94. The number of hydrogen-bond donors (Lipinski definition) is 1. The van der Waals surface area contributed by atoms with Crippen LogP contribution in [0, 0.1) is 11.3 Å². The number of nitrogens with zero attached hydrogens (tertiary/aromatic N) is 1. The summed E-state index contributed by atoms with van der Waals surface area (Å²) >= 11 is 0. The topological polar surface area (TPSA) is 38.5 Å². The Balaban J connectivity index is 2.27. The van der Waals surface area contributed by atoms with Crippen LogP contribution in [0.1, 0.15) is 60.3 Å². The quantitative estimate of drug-likeness (QED) is 0.864. The van der Waals surface area contributed by atoms with Gasteiger partial charge in [-0.15, -0.1) is 0 Å². The van der Waals surface area contributed by atoms with Crippen molar-refractivity contribution in [3.63, 3.8) is 0 Å². The van der Waals surface area contributed by atoms with Crippen LogP contribution in [0.5, 0.6) is 0 Å². The Kier molecular flexibility index (Phi) is 4.83. The fourth-order valence-corrected chi connectivity index (χ4v) is 4.95. The molecule has 0 radical (unpaired) electrons. The lowest BCUT2D eigenvalue weighted by atomic mass is 9.63. The largest absolute Gasteiger partial charge is 0.376 e. The van der Waals surface area contributed by atoms with Crippen molar-refractivity contribution in [1.29, 1.82) is 0 Å². The first-order chi connectivity index (χ1) is 9.32. The van der Waals surface area contributed by atoms with Crippen LogP contribution in [0.15, 0.2) is 0 Å². The molecule has 3 heteroatoms. The van der Waals surface area contributed by atoms with Crippen LogP contribution in [0.25, 0.3) is 0 Å². The summed E-state index contributed by atoms with van der Waals surface area (Å²) in [7, 11) is 0. The van der Waals surface area contributed by atoms with E-state index >= 15 is 0 Å². The molecule has 1 saturated carbocycles. The molecule has 2 aliphatic rings. The third-order valence-corrected chi connectivity index (χ3v) is 5.37. The van der Waals surface area contributed by atoms with Crippen LogP contribution >= 0.6 is 0 Å². The first-order valence-electron chi connectivity index (χ1n) is 8.40. The molecule has 118 valence electrons. The first kappa shape index (κ1) is 16.3. The standard InChI is InChI=1S/C17H34N2O/c1-6-15-10-20-14(3)9-19(15)17(12-18)8-13(2)7-16(4,5)11-17/h13-15H,6-12,18H2,1-5H3. The van der Waals surface area contributed by atoms with E-state index in [4.69, 9.17) is 10.5 Å². The Labute approximate surface area is 125 Å². The average molecular weight is 282 g/mol. The lowest BCUT2D eigenvalue weighted by Crippen LogP contribution is -2.65. The molecular weight excluding hydrogens is 248 g/mol. The van der Waals surface area contributed by atoms with Gasteiger partial charge >= 0.3 is 0 Å². The van der Waals surface area contributed by atoms with Gasteiger partial charge in [-0.2, -0.15) is 0 Å². The zero-order chi connectivity index (χ0) is 15.0. The minimum absolute atomic E-state index is 0.180. The second-order valence-electron chi connectivity index (χ2n) is 8.14. The van der Waals surface area contributed by atoms with Crippen LogP contribution in [0.3, 0.4) is 0 Å². The minimum Gasteiger partial charge on any atom is -0.376 e. The van der Waals surface area contributed by atoms with E-state index in [1.165, 1.54) is 19.3 Å². The van der Waals surface area contributed by atoms with Crippen molar-refractivity contribution in [2.24, 2.45) is 17.1 Å². The summed E-state index contributed by atoms with van der Waals surface area (Å²) in [5.74, 6) is 0.762. The molecule has 2 fully saturated rings. The van der Waals surface area contributed by atoms with Crippen LogP contribution < -0.4 is 5.73 Å². The van der Waals surface area contributed by atoms with E-state index in [2.05, 4.69) is 39.5 Å². The van der Waals surface area contributed by atoms with Gasteiger partial charge in [-0.1, -0.05) is 27.7 Å². The Morgan fingerprint density at radius 1 is 1.25 bits per heavy atom. The Hall–Kier alpha value is -0.120. The Bertz CT molecular complexity index is 331. The summed E-state index contributed by atoms with van der Waals surface area (Å²) in [6, 6.07) is 0.538. The van der Waals surface area contributed by atoms with Crippen molar-refractivity contribution in [2.75, 3.05) is 19.7 Å². The third kappa shape index (κ3) is 3.20. The minimum atomic E-state index is 0.180. The van der Waals surface area contributed by atoms with Crippen LogP contribution in [0.2, 0.25) is 0 Å². The normalized spacial score (nSPS) is 42.6. The van der Waals surface area contributed by atoms with Gasteiger partial charge in [0.25, 0.3) is 0 Å². The summed E-state index contributed by atoms with van der Waals surface area (Å²) in [5, 5.41) is 0. The van der Waals surface area contributed by atoms with Gasteiger partial charge in [-0.3, -0.25) is 4.90 Å². The molecular formula is C17H34N2O. The molecule has 2 rings (SSSR count). The Morgan fingerprint density at radius 2 is 1.95 bits per heavy atom. The number of ether oxygens (including phenoxy) is 1. The highest BCUT2D eigenvalue weighted by Crippen LogP contribution is 2.47. The summed E-state index contributed by atoms with van der Waals surface area (Å²) in [6.07, 6.45) is 5.29. The fraction of sp³-hybridized carbons (Fsp3) is 1.00. The second-order valence-corrected chi connectivity index (χ2v) is 8.14. The van der Waals surface area contributed by atoms with Gasteiger partial charge in [0, 0.05) is 24.7 Å². The molecule has 0 aromatic rings. The molecule has 1 aliphatic carbocycles. The van der Waals surface area contributed by atoms with Crippen LogP contribution in [-0.4, -0.2) is 42.3 Å². The summed E-state index contributed by atoms with van der Waals surface area (Å²) in [6.45, 7) is 14.4. The summed E-state index contributed by atoms with van der Waals surface area (Å²) in [5.41, 5.74) is 6.91. The molecule has 1 aliphatic heterocycles. The van der Waals surface area contributed by atoms with E-state index in [9.17, 15) is 0 Å². The lowest BCUT2D eigenvalue weighted by Gasteiger charge is -2.57. The summed E-state index contributed by atoms with van der Waals surface area (Å²) < 4.78 is 5.89. The molecule has 4 atom stereocenters. The maximum Gasteiger partial charge on any atom is 0.0675 e. The van der Waals surface area contributed by atoms with Gasteiger partial charge in [-0.05, 0) is 43.9 Å². The first-order valence-corrected chi connectivity index (χ1v) is 8.40. The molecule has 0 aromatic carbocycles. The number of rotatable bonds is 3. The van der Waals surface area contributed by atoms with E-state index in [1.54, 1.807) is 0 Å². The highest BCUT2D eigenvalue weighted by atomic mass is 16.5. The zero-order valence-corrected chi connectivity index (χ0v) is 14.1. The van der Waals surface area contributed by atoms with Crippen LogP contribution in [0.4, 0.5) is 0 Å². The maximum atomic E-state index is 6.33. The maximum absolute atomic E-state index is 6.33. The molecule has 0 bridgehead atoms. The van der Waals surface area contributed by atoms with Crippen molar-refractivity contribution in [3.8, 4) is 0 Å². The van der Waals surface area contributed by atoms with E-state index in [1.807, 2.05) is 0 Å². The van der Waals surface area contributed by atoms with Gasteiger partial charge in [0.2, 0.25) is 0 Å². The van der Waals surface area contributed by atoms with E-state index in [0.29, 0.717) is 17.6 Å². The molecule has 1 saturated heterocycles. The van der Waals surface area contributed by atoms with Gasteiger partial charge in [0.1, 0.15) is 0 Å². The zero-order valence-electron chi connectivity index (χ0n) is 14.1. The van der Waals surface area contributed by atoms with Crippen molar-refractivity contribution >= 4 is 0 Å². The Morgan fingerprint density at radius 3 is 2.50 bits per heavy atom. The van der Waals surface area contributed by atoms with Crippen molar-refractivity contribution in [3.05, 3.63) is 0 Å². The fourth-order valence-electron chi connectivity index (χ4n) is 4.95. The monoisotopic (exact) mass is 282 g/mol. The highest BCUT2D eigenvalue weighted by Gasteiger charge is 2.48. The predicted molar refractivity (Wildman–Crippen MR) is 84.8 cm³/mol. The van der Waals surface area contributed by atoms with Crippen molar-refractivity contribution in [1.82, 2.24) is 4.90 Å². The van der Waals surface area contributed by atoms with Crippen molar-refractivity contribution < 1.29 is 4.74 Å². The molecule has 4 unspecified atom stereocenters. The molecule has 3 nitrogen and oxygen atoms in total. The smallest absolute Gasteiger partial charge is 0.0675 e. The average Bonchev–Trinajstić information content (AvgIpc) is 2.36. The molecule has 2 N–H and O–H groups in total. The number of hydrogen-bond acceptors (Lipinski definition) is 3. The number of morpholine rings is 1. The van der Waals surface area contributed by atoms with E-state index < -0.39 is 0 Å². The molecule has 0 amide bonds. The molecule has 20 heavy (non-hydrogen) atoms. The lowest BCUT2D eigenvalue weighted by molar-refractivity contribution is -0.124.